The molecule has 100 valence electrons. The van der Waals surface area contributed by atoms with Crippen LogP contribution < -0.4 is 5.32 Å². The van der Waals surface area contributed by atoms with Crippen molar-refractivity contribution in [3.05, 3.63) is 0 Å². The van der Waals surface area contributed by atoms with E-state index < -0.39 is 0 Å². The molecule has 0 aromatic heterocycles. The van der Waals surface area contributed by atoms with E-state index in [-0.39, 0.29) is 12.4 Å². The van der Waals surface area contributed by atoms with E-state index in [2.05, 4.69) is 24.1 Å². The fraction of sp³-hybridized carbons (Fsp3) is 0.923. The minimum absolute atomic E-state index is 0. The normalized spacial score (nSPS) is 30.8. The average molecular weight is 261 g/mol. The molecule has 0 aromatic rings. The van der Waals surface area contributed by atoms with Crippen LogP contribution in [0.3, 0.4) is 0 Å². The van der Waals surface area contributed by atoms with Crippen molar-refractivity contribution in [2.75, 3.05) is 13.1 Å². The predicted molar refractivity (Wildman–Crippen MR) is 72.5 cm³/mol. The maximum Gasteiger partial charge on any atom is 0.226 e. The third kappa shape index (κ3) is 3.59. The van der Waals surface area contributed by atoms with E-state index in [4.69, 9.17) is 0 Å². The van der Waals surface area contributed by atoms with Gasteiger partial charge in [-0.3, -0.25) is 4.79 Å². The molecule has 1 aliphatic carbocycles. The number of amides is 1. The third-order valence-electron chi connectivity index (χ3n) is 4.00. The van der Waals surface area contributed by atoms with Crippen LogP contribution >= 0.6 is 12.4 Å². The van der Waals surface area contributed by atoms with E-state index in [9.17, 15) is 4.79 Å². The van der Waals surface area contributed by atoms with Gasteiger partial charge < -0.3 is 10.2 Å². The Morgan fingerprint density at radius 2 is 1.82 bits per heavy atom. The van der Waals surface area contributed by atoms with Crippen molar-refractivity contribution in [2.24, 2.45) is 5.92 Å². The molecule has 0 aromatic carbocycles. The molecule has 2 rings (SSSR count). The zero-order chi connectivity index (χ0) is 11.5. The van der Waals surface area contributed by atoms with Gasteiger partial charge in [-0.2, -0.15) is 0 Å². The summed E-state index contributed by atoms with van der Waals surface area (Å²) in [5.74, 6) is 0.738. The van der Waals surface area contributed by atoms with Crippen molar-refractivity contribution in [3.63, 3.8) is 0 Å². The van der Waals surface area contributed by atoms with Crippen molar-refractivity contribution in [1.29, 1.82) is 0 Å². The van der Waals surface area contributed by atoms with Gasteiger partial charge in [-0.25, -0.2) is 0 Å². The summed E-state index contributed by atoms with van der Waals surface area (Å²) in [7, 11) is 0. The standard InChI is InChI=1S/C13H24N2O.ClH/c1-10-9-15(11(2)8-14-10)13(16)12-6-4-3-5-7-12;/h10-12,14H,3-9H2,1-2H3;1H/t10-,11+;/m0./s1. The molecule has 3 nitrogen and oxygen atoms in total. The monoisotopic (exact) mass is 260 g/mol. The van der Waals surface area contributed by atoms with Gasteiger partial charge >= 0.3 is 0 Å². The maximum absolute atomic E-state index is 12.4. The SMILES string of the molecule is C[C@@H]1CN[C@@H](C)CN1C(=O)C1CCCCC1.Cl. The summed E-state index contributed by atoms with van der Waals surface area (Å²) in [6.45, 7) is 6.14. The van der Waals surface area contributed by atoms with Crippen LogP contribution in [0.4, 0.5) is 0 Å². The Morgan fingerprint density at radius 3 is 2.47 bits per heavy atom. The molecule has 0 bridgehead atoms. The summed E-state index contributed by atoms with van der Waals surface area (Å²) in [6, 6.07) is 0.814. The Hall–Kier alpha value is -0.280. The average Bonchev–Trinajstić information content (AvgIpc) is 2.32. The zero-order valence-corrected chi connectivity index (χ0v) is 11.8. The Bertz CT molecular complexity index is 254. The molecule has 4 heteroatoms. The fourth-order valence-electron chi connectivity index (χ4n) is 2.91. The number of carbonyl (C=O) groups is 1. The number of nitrogens with zero attached hydrogens (tertiary/aromatic N) is 1. The Balaban J connectivity index is 0.00000144. The number of piperazine rings is 1. The van der Waals surface area contributed by atoms with E-state index in [1.165, 1.54) is 19.3 Å². The summed E-state index contributed by atoms with van der Waals surface area (Å²) < 4.78 is 0. The van der Waals surface area contributed by atoms with Crippen LogP contribution in [0.15, 0.2) is 0 Å². The highest BCUT2D eigenvalue weighted by Gasteiger charge is 2.31. The molecule has 1 aliphatic heterocycles. The highest BCUT2D eigenvalue weighted by Crippen LogP contribution is 2.26. The predicted octanol–water partition coefficient (Wildman–Crippen LogP) is 2.20. The maximum atomic E-state index is 12.4. The van der Waals surface area contributed by atoms with Gasteiger partial charge in [-0.1, -0.05) is 19.3 Å². The first-order valence-corrected chi connectivity index (χ1v) is 6.72. The first-order valence-electron chi connectivity index (χ1n) is 6.72. The number of carbonyl (C=O) groups excluding carboxylic acids is 1. The van der Waals surface area contributed by atoms with Gasteiger partial charge in [0.25, 0.3) is 0 Å². The molecule has 1 heterocycles. The first kappa shape index (κ1) is 14.8. The number of halogens is 1. The molecular formula is C13H25ClN2O. The van der Waals surface area contributed by atoms with Crippen LogP contribution in [-0.4, -0.2) is 36.0 Å². The molecule has 1 saturated heterocycles. The smallest absolute Gasteiger partial charge is 0.226 e. The molecule has 2 aliphatic rings. The van der Waals surface area contributed by atoms with Gasteiger partial charge in [-0.05, 0) is 26.7 Å². The van der Waals surface area contributed by atoms with E-state index in [1.807, 2.05) is 0 Å². The summed E-state index contributed by atoms with van der Waals surface area (Å²) >= 11 is 0. The summed E-state index contributed by atoms with van der Waals surface area (Å²) in [5.41, 5.74) is 0. The molecule has 1 saturated carbocycles. The second kappa shape index (κ2) is 6.60. The molecule has 1 amide bonds. The second-order valence-corrected chi connectivity index (χ2v) is 5.48. The van der Waals surface area contributed by atoms with E-state index in [1.54, 1.807) is 0 Å². The van der Waals surface area contributed by atoms with Crippen molar-refractivity contribution in [3.8, 4) is 0 Å². The number of rotatable bonds is 1. The summed E-state index contributed by atoms with van der Waals surface area (Å²) in [5, 5.41) is 3.43. The second-order valence-electron chi connectivity index (χ2n) is 5.48. The highest BCUT2D eigenvalue weighted by molar-refractivity contribution is 5.85. The van der Waals surface area contributed by atoms with Crippen LogP contribution in [0.5, 0.6) is 0 Å². The van der Waals surface area contributed by atoms with Gasteiger partial charge in [0, 0.05) is 31.1 Å². The molecule has 0 spiro atoms. The van der Waals surface area contributed by atoms with Crippen LogP contribution in [0.2, 0.25) is 0 Å². The Kier molecular flexibility index (Phi) is 5.74. The number of hydrogen-bond donors (Lipinski definition) is 1. The van der Waals surface area contributed by atoms with Crippen molar-refractivity contribution >= 4 is 18.3 Å². The minimum atomic E-state index is 0. The minimum Gasteiger partial charge on any atom is -0.337 e. The van der Waals surface area contributed by atoms with Crippen molar-refractivity contribution in [2.45, 2.75) is 58.0 Å². The third-order valence-corrected chi connectivity index (χ3v) is 4.00. The van der Waals surface area contributed by atoms with E-state index in [0.29, 0.717) is 23.9 Å². The molecule has 0 unspecified atom stereocenters. The molecule has 0 radical (unpaired) electrons. The zero-order valence-electron chi connectivity index (χ0n) is 10.9. The lowest BCUT2D eigenvalue weighted by molar-refractivity contribution is -0.140. The van der Waals surface area contributed by atoms with Crippen LogP contribution in [0.1, 0.15) is 46.0 Å². The summed E-state index contributed by atoms with van der Waals surface area (Å²) in [4.78, 5) is 14.5. The number of hydrogen-bond acceptors (Lipinski definition) is 2. The molecular weight excluding hydrogens is 236 g/mol. The van der Waals surface area contributed by atoms with Gasteiger partial charge in [-0.15, -0.1) is 12.4 Å². The summed E-state index contributed by atoms with van der Waals surface area (Å²) in [6.07, 6.45) is 6.03. The first-order chi connectivity index (χ1) is 7.68. The lowest BCUT2D eigenvalue weighted by Crippen LogP contribution is -2.57. The van der Waals surface area contributed by atoms with Crippen molar-refractivity contribution < 1.29 is 4.79 Å². The quantitative estimate of drug-likeness (QED) is 0.784. The van der Waals surface area contributed by atoms with Gasteiger partial charge in [0.2, 0.25) is 5.91 Å². The lowest BCUT2D eigenvalue weighted by atomic mass is 9.87. The van der Waals surface area contributed by atoms with Crippen LogP contribution in [-0.2, 0) is 4.79 Å². The Morgan fingerprint density at radius 1 is 1.18 bits per heavy atom. The lowest BCUT2D eigenvalue weighted by Gasteiger charge is -2.40. The number of nitrogens with one attached hydrogen (secondary N) is 1. The van der Waals surface area contributed by atoms with Gasteiger partial charge in [0.05, 0.1) is 0 Å². The van der Waals surface area contributed by atoms with E-state index >= 15 is 0 Å². The molecule has 17 heavy (non-hydrogen) atoms. The fourth-order valence-corrected chi connectivity index (χ4v) is 2.91. The topological polar surface area (TPSA) is 32.3 Å². The van der Waals surface area contributed by atoms with Crippen molar-refractivity contribution in [1.82, 2.24) is 10.2 Å². The molecule has 2 fully saturated rings. The van der Waals surface area contributed by atoms with Crippen LogP contribution in [0.25, 0.3) is 0 Å². The largest absolute Gasteiger partial charge is 0.337 e. The van der Waals surface area contributed by atoms with E-state index in [0.717, 1.165) is 25.9 Å². The van der Waals surface area contributed by atoms with Gasteiger partial charge in [0.15, 0.2) is 0 Å². The molecule has 2 atom stereocenters. The highest BCUT2D eigenvalue weighted by atomic mass is 35.5. The molecule has 1 N–H and O–H groups in total. The van der Waals surface area contributed by atoms with Crippen LogP contribution in [0, 0.1) is 5.92 Å². The van der Waals surface area contributed by atoms with Gasteiger partial charge in [0.1, 0.15) is 0 Å². The Labute approximate surface area is 111 Å².